The summed E-state index contributed by atoms with van der Waals surface area (Å²) < 4.78 is 5.35. The molecule has 1 aliphatic rings. The highest BCUT2D eigenvalue weighted by Crippen LogP contribution is 2.26. The third-order valence-electron chi connectivity index (χ3n) is 3.36. The molecular weight excluding hydrogens is 288 g/mol. The summed E-state index contributed by atoms with van der Waals surface area (Å²) in [5, 5.41) is 2.51. The van der Waals surface area contributed by atoms with Crippen molar-refractivity contribution in [2.45, 2.75) is 0 Å². The molecule has 2 heterocycles. The Bertz CT molecular complexity index is 620. The number of carbonyl (C=O) groups is 1. The summed E-state index contributed by atoms with van der Waals surface area (Å²) in [5.74, 6) is 4.73. The molecule has 1 saturated heterocycles. The van der Waals surface area contributed by atoms with Crippen molar-refractivity contribution in [3.8, 4) is 10.6 Å². The highest BCUT2D eigenvalue weighted by atomic mass is 32.1. The molecule has 1 fully saturated rings. The van der Waals surface area contributed by atoms with E-state index < -0.39 is 0 Å². The Morgan fingerprint density at radius 2 is 2.00 bits per heavy atom. The van der Waals surface area contributed by atoms with E-state index in [4.69, 9.17) is 10.6 Å². The maximum Gasteiger partial charge on any atom is 0.284 e. The van der Waals surface area contributed by atoms with Crippen LogP contribution in [-0.2, 0) is 4.74 Å². The van der Waals surface area contributed by atoms with E-state index in [0.29, 0.717) is 5.69 Å². The van der Waals surface area contributed by atoms with E-state index >= 15 is 0 Å². The summed E-state index contributed by atoms with van der Waals surface area (Å²) in [5.41, 5.74) is 4.60. The molecule has 1 aromatic heterocycles. The van der Waals surface area contributed by atoms with E-state index in [-0.39, 0.29) is 5.91 Å². The quantitative estimate of drug-likeness (QED) is 0.507. The van der Waals surface area contributed by atoms with Gasteiger partial charge in [0.1, 0.15) is 10.7 Å². The fourth-order valence-electron chi connectivity index (χ4n) is 2.22. The molecule has 110 valence electrons. The van der Waals surface area contributed by atoms with Gasteiger partial charge in [-0.05, 0) is 24.3 Å². The van der Waals surface area contributed by atoms with Gasteiger partial charge in [-0.15, -0.1) is 11.3 Å². The monoisotopic (exact) mass is 304 g/mol. The van der Waals surface area contributed by atoms with Gasteiger partial charge in [-0.25, -0.2) is 10.8 Å². The first-order chi connectivity index (χ1) is 10.3. The minimum absolute atomic E-state index is 0.342. The Kier molecular flexibility index (Phi) is 4.14. The van der Waals surface area contributed by atoms with Crippen molar-refractivity contribution in [2.24, 2.45) is 5.84 Å². The zero-order valence-electron chi connectivity index (χ0n) is 11.4. The molecule has 0 saturated carbocycles. The van der Waals surface area contributed by atoms with Crippen molar-refractivity contribution >= 4 is 22.9 Å². The van der Waals surface area contributed by atoms with Gasteiger partial charge in [-0.1, -0.05) is 0 Å². The Labute approximate surface area is 126 Å². The average molecular weight is 304 g/mol. The number of amides is 1. The first-order valence-corrected chi connectivity index (χ1v) is 7.55. The number of hydrogen-bond acceptors (Lipinski definition) is 6. The second-order valence-electron chi connectivity index (χ2n) is 4.66. The van der Waals surface area contributed by atoms with E-state index in [2.05, 4.69) is 27.4 Å². The number of nitrogen functional groups attached to an aromatic ring is 1. The molecular formula is C14H16N4O2S. The summed E-state index contributed by atoms with van der Waals surface area (Å²) >= 11 is 1.43. The Hall–Kier alpha value is -1.96. The Balaban J connectivity index is 1.77. The number of benzene rings is 1. The second-order valence-corrected chi connectivity index (χ2v) is 5.52. The highest BCUT2D eigenvalue weighted by molar-refractivity contribution is 7.13. The van der Waals surface area contributed by atoms with Crippen molar-refractivity contribution in [2.75, 3.05) is 31.2 Å². The van der Waals surface area contributed by atoms with E-state index in [1.165, 1.54) is 17.0 Å². The lowest BCUT2D eigenvalue weighted by atomic mass is 10.2. The lowest BCUT2D eigenvalue weighted by Crippen LogP contribution is -2.36. The molecule has 2 aromatic rings. The Morgan fingerprint density at radius 3 is 2.67 bits per heavy atom. The van der Waals surface area contributed by atoms with Crippen LogP contribution in [0.1, 0.15) is 10.5 Å². The number of ether oxygens (including phenoxy) is 1. The number of rotatable bonds is 3. The van der Waals surface area contributed by atoms with Crippen LogP contribution in [0.5, 0.6) is 0 Å². The number of nitrogens with two attached hydrogens (primary N) is 1. The van der Waals surface area contributed by atoms with Gasteiger partial charge < -0.3 is 9.64 Å². The first kappa shape index (κ1) is 14.0. The molecule has 21 heavy (non-hydrogen) atoms. The number of carbonyl (C=O) groups excluding carboxylic acids is 1. The van der Waals surface area contributed by atoms with E-state index in [1.54, 1.807) is 5.38 Å². The molecule has 1 aliphatic heterocycles. The molecule has 3 N–H and O–H groups in total. The van der Waals surface area contributed by atoms with Crippen LogP contribution in [0.15, 0.2) is 29.6 Å². The number of aromatic nitrogens is 1. The smallest absolute Gasteiger partial charge is 0.284 e. The van der Waals surface area contributed by atoms with Crippen LogP contribution in [0.3, 0.4) is 0 Å². The minimum Gasteiger partial charge on any atom is -0.378 e. The summed E-state index contributed by atoms with van der Waals surface area (Å²) in [6, 6.07) is 8.19. The molecule has 0 aliphatic carbocycles. The number of hydrogen-bond donors (Lipinski definition) is 2. The Morgan fingerprint density at radius 1 is 1.29 bits per heavy atom. The van der Waals surface area contributed by atoms with Crippen molar-refractivity contribution in [1.29, 1.82) is 0 Å². The maximum atomic E-state index is 11.4. The van der Waals surface area contributed by atoms with Gasteiger partial charge in [0, 0.05) is 29.7 Å². The van der Waals surface area contributed by atoms with Gasteiger partial charge >= 0.3 is 0 Å². The van der Waals surface area contributed by atoms with Crippen LogP contribution in [-0.4, -0.2) is 37.2 Å². The third kappa shape index (κ3) is 3.05. The number of hydrazine groups is 1. The SMILES string of the molecule is NNC(=O)c1csc(-c2ccc(N3CCOCC3)cc2)n1. The molecule has 1 aromatic carbocycles. The number of nitrogens with one attached hydrogen (secondary N) is 1. The van der Waals surface area contributed by atoms with Crippen molar-refractivity contribution in [1.82, 2.24) is 10.4 Å². The maximum absolute atomic E-state index is 11.4. The molecule has 1 amide bonds. The van der Waals surface area contributed by atoms with Crippen LogP contribution < -0.4 is 16.2 Å². The van der Waals surface area contributed by atoms with Gasteiger partial charge in [0.05, 0.1) is 13.2 Å². The molecule has 0 bridgehead atoms. The van der Waals surface area contributed by atoms with Crippen molar-refractivity contribution in [3.05, 3.63) is 35.3 Å². The van der Waals surface area contributed by atoms with E-state index in [0.717, 1.165) is 36.9 Å². The molecule has 0 radical (unpaired) electrons. The van der Waals surface area contributed by atoms with Crippen LogP contribution >= 0.6 is 11.3 Å². The van der Waals surface area contributed by atoms with Crippen LogP contribution in [0.4, 0.5) is 5.69 Å². The fraction of sp³-hybridized carbons (Fsp3) is 0.286. The normalized spacial score (nSPS) is 15.0. The lowest BCUT2D eigenvalue weighted by molar-refractivity contribution is 0.0949. The predicted octanol–water partition coefficient (Wildman–Crippen LogP) is 1.25. The van der Waals surface area contributed by atoms with Crippen LogP contribution in [0.2, 0.25) is 0 Å². The standard InChI is InChI=1S/C14H16N4O2S/c15-17-13(19)12-9-21-14(16-12)10-1-3-11(4-2-10)18-5-7-20-8-6-18/h1-4,9H,5-8,15H2,(H,17,19). The second kappa shape index (κ2) is 6.21. The number of anilines is 1. The van der Waals surface area contributed by atoms with Gasteiger partial charge in [-0.3, -0.25) is 10.2 Å². The minimum atomic E-state index is -0.373. The van der Waals surface area contributed by atoms with Gasteiger partial charge in [0.15, 0.2) is 0 Å². The van der Waals surface area contributed by atoms with Crippen molar-refractivity contribution < 1.29 is 9.53 Å². The van der Waals surface area contributed by atoms with Crippen LogP contribution in [0, 0.1) is 0 Å². The zero-order chi connectivity index (χ0) is 14.7. The summed E-state index contributed by atoms with van der Waals surface area (Å²) in [6.07, 6.45) is 0. The molecule has 0 unspecified atom stereocenters. The third-order valence-corrected chi connectivity index (χ3v) is 4.25. The number of morpholine rings is 1. The van der Waals surface area contributed by atoms with Crippen molar-refractivity contribution in [3.63, 3.8) is 0 Å². The number of nitrogens with zero attached hydrogens (tertiary/aromatic N) is 2. The summed E-state index contributed by atoms with van der Waals surface area (Å²) in [4.78, 5) is 18.0. The molecule has 0 spiro atoms. The fourth-order valence-corrected chi connectivity index (χ4v) is 3.03. The average Bonchev–Trinajstić information content (AvgIpc) is 3.05. The first-order valence-electron chi connectivity index (χ1n) is 6.67. The predicted molar refractivity (Wildman–Crippen MR) is 82.2 cm³/mol. The highest BCUT2D eigenvalue weighted by Gasteiger charge is 2.13. The molecule has 7 heteroatoms. The topological polar surface area (TPSA) is 80.5 Å². The zero-order valence-corrected chi connectivity index (χ0v) is 12.2. The van der Waals surface area contributed by atoms with Crippen LogP contribution in [0.25, 0.3) is 10.6 Å². The summed E-state index contributed by atoms with van der Waals surface area (Å²) in [7, 11) is 0. The molecule has 3 rings (SSSR count). The van der Waals surface area contributed by atoms with Gasteiger partial charge in [-0.2, -0.15) is 0 Å². The molecule has 6 nitrogen and oxygen atoms in total. The summed E-state index contributed by atoms with van der Waals surface area (Å²) in [6.45, 7) is 3.37. The number of thiazole rings is 1. The largest absolute Gasteiger partial charge is 0.378 e. The lowest BCUT2D eigenvalue weighted by Gasteiger charge is -2.28. The molecule has 0 atom stereocenters. The van der Waals surface area contributed by atoms with Gasteiger partial charge in [0.25, 0.3) is 5.91 Å². The van der Waals surface area contributed by atoms with Gasteiger partial charge in [0.2, 0.25) is 0 Å². The van der Waals surface area contributed by atoms with E-state index in [1.807, 2.05) is 12.1 Å². The van der Waals surface area contributed by atoms with E-state index in [9.17, 15) is 4.79 Å².